The number of azide groups is 1. The Bertz CT molecular complexity index is 796. The minimum absolute atomic E-state index is 0.0780. The van der Waals surface area contributed by atoms with E-state index in [2.05, 4.69) is 10.0 Å². The Morgan fingerprint density at radius 3 is 2.17 bits per heavy atom. The molecule has 1 unspecified atom stereocenters. The maximum Gasteiger partial charge on any atom is 0.304 e. The van der Waals surface area contributed by atoms with Crippen LogP contribution < -0.4 is 0 Å². The third kappa shape index (κ3) is 6.73. The second-order valence-corrected chi connectivity index (χ2v) is 6.50. The summed E-state index contributed by atoms with van der Waals surface area (Å²) in [6.45, 7) is 3.63. The second-order valence-electron chi connectivity index (χ2n) is 6.50. The molecule has 0 N–H and O–H groups in total. The third-order valence-corrected chi connectivity index (χ3v) is 4.08. The largest absolute Gasteiger partial charge is 0.458 e. The molecule has 1 heterocycles. The molecule has 162 valence electrons. The number of esters is 3. The van der Waals surface area contributed by atoms with Crippen LogP contribution in [0.5, 0.6) is 0 Å². The van der Waals surface area contributed by atoms with E-state index in [1.807, 2.05) is 30.3 Å². The Kier molecular flexibility index (Phi) is 8.60. The fraction of sp³-hybridized carbons (Fsp3) is 0.526. The Morgan fingerprint density at radius 2 is 1.60 bits per heavy atom. The summed E-state index contributed by atoms with van der Waals surface area (Å²) in [7, 11) is 0. The molecule has 30 heavy (non-hydrogen) atoms. The number of benzene rings is 1. The van der Waals surface area contributed by atoms with Gasteiger partial charge in [-0.1, -0.05) is 35.4 Å². The minimum Gasteiger partial charge on any atom is -0.458 e. The summed E-state index contributed by atoms with van der Waals surface area (Å²) in [6, 6.07) is 8.05. The molecule has 0 radical (unpaired) electrons. The van der Waals surface area contributed by atoms with Crippen molar-refractivity contribution in [2.75, 3.05) is 6.61 Å². The summed E-state index contributed by atoms with van der Waals surface area (Å²) in [5.74, 6) is -2.07. The smallest absolute Gasteiger partial charge is 0.304 e. The maximum atomic E-state index is 11.7. The highest BCUT2D eigenvalue weighted by Gasteiger charge is 2.51. The van der Waals surface area contributed by atoms with Gasteiger partial charge in [0.25, 0.3) is 0 Å². The number of hydrogen-bond acceptors (Lipinski definition) is 9. The van der Waals surface area contributed by atoms with E-state index < -0.39 is 48.6 Å². The van der Waals surface area contributed by atoms with Gasteiger partial charge in [0.15, 0.2) is 12.2 Å². The van der Waals surface area contributed by atoms with Gasteiger partial charge in [0, 0.05) is 25.7 Å². The zero-order chi connectivity index (χ0) is 22.1. The molecule has 2 rings (SSSR count). The van der Waals surface area contributed by atoms with Gasteiger partial charge in [-0.3, -0.25) is 14.4 Å². The zero-order valence-electron chi connectivity index (χ0n) is 16.8. The molecule has 1 aromatic rings. The highest BCUT2D eigenvalue weighted by Crippen LogP contribution is 2.30. The number of ether oxygens (including phenoxy) is 5. The molecule has 1 fully saturated rings. The number of nitrogens with zero attached hydrogens (tertiary/aromatic N) is 3. The van der Waals surface area contributed by atoms with Crippen molar-refractivity contribution in [3.05, 3.63) is 46.3 Å². The Labute approximate surface area is 172 Å². The number of carbonyl (C=O) groups excluding carboxylic acids is 3. The monoisotopic (exact) mass is 421 g/mol. The number of rotatable bonds is 8. The van der Waals surface area contributed by atoms with E-state index >= 15 is 0 Å². The Hall–Kier alpha value is -3.14. The van der Waals surface area contributed by atoms with Crippen molar-refractivity contribution in [3.8, 4) is 0 Å². The van der Waals surface area contributed by atoms with Gasteiger partial charge in [0.1, 0.15) is 12.1 Å². The molecular formula is C19H23N3O8. The van der Waals surface area contributed by atoms with E-state index in [9.17, 15) is 14.4 Å². The van der Waals surface area contributed by atoms with Gasteiger partial charge in [-0.25, -0.2) is 0 Å². The average Bonchev–Trinajstić information content (AvgIpc) is 2.67. The first kappa shape index (κ1) is 23.1. The molecule has 0 aromatic heterocycles. The molecule has 0 amide bonds. The summed E-state index contributed by atoms with van der Waals surface area (Å²) >= 11 is 0. The van der Waals surface area contributed by atoms with Gasteiger partial charge in [-0.15, -0.1) is 0 Å². The number of hydrogen-bond donors (Lipinski definition) is 0. The highest BCUT2D eigenvalue weighted by molar-refractivity contribution is 5.68. The molecule has 1 aliphatic heterocycles. The lowest BCUT2D eigenvalue weighted by Crippen LogP contribution is -2.61. The topological polar surface area (TPSA) is 146 Å². The van der Waals surface area contributed by atoms with Crippen molar-refractivity contribution in [1.82, 2.24) is 0 Å². The van der Waals surface area contributed by atoms with Gasteiger partial charge in [0.05, 0.1) is 13.2 Å². The lowest BCUT2D eigenvalue weighted by molar-refractivity contribution is -0.268. The quantitative estimate of drug-likeness (QED) is 0.204. The van der Waals surface area contributed by atoms with Crippen molar-refractivity contribution in [3.63, 3.8) is 0 Å². The van der Waals surface area contributed by atoms with Crippen LogP contribution in [0, 0.1) is 0 Å². The highest BCUT2D eigenvalue weighted by atomic mass is 16.7. The zero-order valence-corrected chi connectivity index (χ0v) is 16.8. The van der Waals surface area contributed by atoms with Crippen LogP contribution in [0.2, 0.25) is 0 Å². The molecule has 0 aliphatic carbocycles. The van der Waals surface area contributed by atoms with Crippen LogP contribution in [0.15, 0.2) is 35.4 Å². The van der Waals surface area contributed by atoms with Gasteiger partial charge in [-0.05, 0) is 11.1 Å². The summed E-state index contributed by atoms with van der Waals surface area (Å²) in [6.07, 6.45) is -4.72. The summed E-state index contributed by atoms with van der Waals surface area (Å²) in [5, 5.41) is 3.54. The van der Waals surface area contributed by atoms with Crippen LogP contribution in [-0.2, 0) is 44.7 Å². The van der Waals surface area contributed by atoms with Crippen molar-refractivity contribution >= 4 is 17.9 Å². The summed E-state index contributed by atoms with van der Waals surface area (Å²) in [4.78, 5) is 37.5. The SMILES string of the molecule is CC(=O)OC1O[C@H](COCc2ccccc2)[C@@H](OC(C)=O)[C@H](OC(C)=O)[C@H]1N=[N+]=[N-]. The second kappa shape index (κ2) is 11.1. The first-order valence-corrected chi connectivity index (χ1v) is 9.14. The fourth-order valence-electron chi connectivity index (χ4n) is 3.00. The lowest BCUT2D eigenvalue weighted by atomic mass is 9.97. The van der Waals surface area contributed by atoms with Crippen LogP contribution in [0.3, 0.4) is 0 Å². The first-order valence-electron chi connectivity index (χ1n) is 9.14. The molecule has 11 heteroatoms. The molecular weight excluding hydrogens is 398 g/mol. The van der Waals surface area contributed by atoms with Crippen LogP contribution in [-0.4, -0.2) is 55.2 Å². The van der Waals surface area contributed by atoms with Crippen molar-refractivity contribution < 1.29 is 38.1 Å². The molecule has 0 bridgehead atoms. The van der Waals surface area contributed by atoms with E-state index in [4.69, 9.17) is 29.2 Å². The van der Waals surface area contributed by atoms with Crippen LogP contribution in [0.25, 0.3) is 10.4 Å². The molecule has 1 saturated heterocycles. The molecule has 1 aliphatic rings. The fourth-order valence-corrected chi connectivity index (χ4v) is 3.00. The maximum absolute atomic E-state index is 11.7. The Morgan fingerprint density at radius 1 is 1.00 bits per heavy atom. The van der Waals surface area contributed by atoms with E-state index in [1.54, 1.807) is 0 Å². The van der Waals surface area contributed by atoms with Crippen molar-refractivity contribution in [2.45, 2.75) is 58.0 Å². The molecule has 0 saturated carbocycles. The van der Waals surface area contributed by atoms with Gasteiger partial charge in [0.2, 0.25) is 6.29 Å². The molecule has 1 aromatic carbocycles. The molecule has 0 spiro atoms. The average molecular weight is 421 g/mol. The van der Waals surface area contributed by atoms with E-state index in [1.165, 1.54) is 6.92 Å². The van der Waals surface area contributed by atoms with E-state index in [0.29, 0.717) is 0 Å². The molecule has 11 nitrogen and oxygen atoms in total. The van der Waals surface area contributed by atoms with Gasteiger partial charge in [-0.2, -0.15) is 0 Å². The van der Waals surface area contributed by atoms with Crippen LogP contribution in [0.1, 0.15) is 26.3 Å². The van der Waals surface area contributed by atoms with Crippen molar-refractivity contribution in [2.24, 2.45) is 5.11 Å². The van der Waals surface area contributed by atoms with E-state index in [0.717, 1.165) is 19.4 Å². The number of carbonyl (C=O) groups is 3. The third-order valence-electron chi connectivity index (χ3n) is 4.08. The van der Waals surface area contributed by atoms with E-state index in [-0.39, 0.29) is 13.2 Å². The Balaban J connectivity index is 2.27. The molecule has 5 atom stereocenters. The predicted octanol–water partition coefficient (Wildman–Crippen LogP) is 2.03. The lowest BCUT2D eigenvalue weighted by Gasteiger charge is -2.43. The minimum atomic E-state index is -1.36. The summed E-state index contributed by atoms with van der Waals surface area (Å²) in [5.41, 5.74) is 9.81. The first-order chi connectivity index (χ1) is 14.3. The van der Waals surface area contributed by atoms with Crippen molar-refractivity contribution in [1.29, 1.82) is 0 Å². The van der Waals surface area contributed by atoms with Crippen LogP contribution >= 0.6 is 0 Å². The van der Waals surface area contributed by atoms with Gasteiger partial charge >= 0.3 is 17.9 Å². The standard InChI is InChI=1S/C19H23N3O8/c1-11(23)27-17-15(10-26-9-14-7-5-4-6-8-14)30-19(29-13(3)25)16(21-22-20)18(17)28-12(2)24/h4-8,15-19H,9-10H2,1-3H3/t15-,16-,17-,18-,19?/m1/s1. The normalized spacial score (nSPS) is 25.5. The summed E-state index contributed by atoms with van der Waals surface area (Å²) < 4.78 is 27.1. The van der Waals surface area contributed by atoms with Crippen LogP contribution in [0.4, 0.5) is 0 Å². The van der Waals surface area contributed by atoms with Gasteiger partial charge < -0.3 is 23.7 Å². The predicted molar refractivity (Wildman–Crippen MR) is 101 cm³/mol.